The molecule has 0 aliphatic heterocycles. The highest BCUT2D eigenvalue weighted by Gasteiger charge is 2.15. The van der Waals surface area contributed by atoms with Gasteiger partial charge in [-0.25, -0.2) is 13.8 Å². The molecule has 26 heavy (non-hydrogen) atoms. The molecular formula is C19H15ClF2N2O2. The largest absolute Gasteiger partial charge is 0.496 e. The lowest BCUT2D eigenvalue weighted by atomic mass is 10.1. The average Bonchev–Trinajstić information content (AvgIpc) is 2.60. The van der Waals surface area contributed by atoms with E-state index in [-0.39, 0.29) is 17.3 Å². The van der Waals surface area contributed by atoms with E-state index >= 15 is 0 Å². The molecule has 0 aliphatic carbocycles. The molecule has 7 heteroatoms. The van der Waals surface area contributed by atoms with E-state index in [0.29, 0.717) is 27.8 Å². The van der Waals surface area contributed by atoms with Crippen LogP contribution >= 0.6 is 11.6 Å². The Bertz CT molecular complexity index is 1010. The molecule has 2 aromatic carbocycles. The normalized spacial score (nSPS) is 10.8. The van der Waals surface area contributed by atoms with Gasteiger partial charge in [0, 0.05) is 23.0 Å². The van der Waals surface area contributed by atoms with Gasteiger partial charge in [0.15, 0.2) is 0 Å². The third-order valence-corrected chi connectivity index (χ3v) is 4.29. The van der Waals surface area contributed by atoms with E-state index in [1.807, 2.05) is 0 Å². The smallest absolute Gasteiger partial charge is 0.270 e. The summed E-state index contributed by atoms with van der Waals surface area (Å²) in [4.78, 5) is 16.8. The molecule has 3 aromatic rings. The number of carbonyl (C=O) groups excluding carboxylic acids is 1. The maximum absolute atomic E-state index is 13.6. The van der Waals surface area contributed by atoms with Crippen LogP contribution in [0.4, 0.5) is 8.78 Å². The molecule has 1 heterocycles. The topological polar surface area (TPSA) is 51.2 Å². The van der Waals surface area contributed by atoms with Gasteiger partial charge in [-0.1, -0.05) is 17.7 Å². The number of carbonyl (C=O) groups is 1. The summed E-state index contributed by atoms with van der Waals surface area (Å²) in [6, 6.07) is 8.05. The number of methoxy groups -OCH3 is 1. The van der Waals surface area contributed by atoms with Crippen LogP contribution < -0.4 is 10.1 Å². The van der Waals surface area contributed by atoms with Crippen LogP contribution in [0.25, 0.3) is 10.9 Å². The van der Waals surface area contributed by atoms with Crippen molar-refractivity contribution in [2.24, 2.45) is 0 Å². The highest BCUT2D eigenvalue weighted by atomic mass is 35.5. The number of fused-ring (bicyclic) bond motifs is 1. The number of pyridine rings is 1. The first kappa shape index (κ1) is 18.1. The summed E-state index contributed by atoms with van der Waals surface area (Å²) in [6.07, 6.45) is 0. The Balaban J connectivity index is 1.90. The van der Waals surface area contributed by atoms with Crippen LogP contribution in [-0.2, 0) is 6.54 Å². The maximum atomic E-state index is 13.6. The van der Waals surface area contributed by atoms with E-state index in [4.69, 9.17) is 16.3 Å². The van der Waals surface area contributed by atoms with Crippen molar-refractivity contribution in [1.29, 1.82) is 0 Å². The van der Waals surface area contributed by atoms with Crippen LogP contribution in [0.5, 0.6) is 5.75 Å². The molecule has 0 aliphatic rings. The van der Waals surface area contributed by atoms with Gasteiger partial charge in [-0.15, -0.1) is 0 Å². The number of nitrogens with zero attached hydrogens (tertiary/aromatic N) is 1. The zero-order chi connectivity index (χ0) is 18.8. The Labute approximate surface area is 153 Å². The first-order chi connectivity index (χ1) is 12.4. The van der Waals surface area contributed by atoms with Gasteiger partial charge in [0.05, 0.1) is 12.6 Å². The highest BCUT2D eigenvalue weighted by molar-refractivity contribution is 6.31. The van der Waals surface area contributed by atoms with E-state index < -0.39 is 17.5 Å². The number of amides is 1. The fourth-order valence-electron chi connectivity index (χ4n) is 2.64. The highest BCUT2D eigenvalue weighted by Crippen LogP contribution is 2.28. The minimum atomic E-state index is -0.450. The number of aryl methyl sites for hydroxylation is 1. The van der Waals surface area contributed by atoms with Crippen LogP contribution in [0.15, 0.2) is 36.4 Å². The van der Waals surface area contributed by atoms with E-state index in [2.05, 4.69) is 10.3 Å². The van der Waals surface area contributed by atoms with Crippen molar-refractivity contribution in [3.63, 3.8) is 0 Å². The molecule has 1 aromatic heterocycles. The summed E-state index contributed by atoms with van der Waals surface area (Å²) in [5.74, 6) is -0.955. The van der Waals surface area contributed by atoms with Crippen LogP contribution in [0.3, 0.4) is 0 Å². The predicted molar refractivity (Wildman–Crippen MR) is 95.6 cm³/mol. The third kappa shape index (κ3) is 3.60. The summed E-state index contributed by atoms with van der Waals surface area (Å²) >= 11 is 5.96. The van der Waals surface area contributed by atoms with Gasteiger partial charge in [0.25, 0.3) is 5.91 Å². The molecular weight excluding hydrogens is 362 g/mol. The minimum absolute atomic E-state index is 0.113. The zero-order valence-electron chi connectivity index (χ0n) is 14.1. The predicted octanol–water partition coefficient (Wildman–Crippen LogP) is 4.41. The summed E-state index contributed by atoms with van der Waals surface area (Å²) in [6.45, 7) is 1.82. The number of nitrogens with one attached hydrogen (secondary N) is 1. The third-order valence-electron chi connectivity index (χ3n) is 3.94. The number of halogens is 3. The van der Waals surface area contributed by atoms with E-state index in [9.17, 15) is 13.6 Å². The molecule has 134 valence electrons. The van der Waals surface area contributed by atoms with Crippen molar-refractivity contribution < 1.29 is 18.3 Å². The Morgan fingerprint density at radius 1 is 1.19 bits per heavy atom. The molecule has 1 N–H and O–H groups in total. The molecule has 0 fully saturated rings. The van der Waals surface area contributed by atoms with Gasteiger partial charge < -0.3 is 10.1 Å². The van der Waals surface area contributed by atoms with Gasteiger partial charge in [0.1, 0.15) is 23.1 Å². The van der Waals surface area contributed by atoms with Gasteiger partial charge >= 0.3 is 0 Å². The van der Waals surface area contributed by atoms with Crippen LogP contribution in [-0.4, -0.2) is 18.0 Å². The zero-order valence-corrected chi connectivity index (χ0v) is 14.8. The van der Waals surface area contributed by atoms with E-state index in [1.165, 1.54) is 43.5 Å². The number of rotatable bonds is 4. The van der Waals surface area contributed by atoms with Gasteiger partial charge in [-0.2, -0.15) is 0 Å². The fourth-order valence-corrected chi connectivity index (χ4v) is 2.88. The second-order valence-electron chi connectivity index (χ2n) is 5.75. The number of benzene rings is 2. The summed E-state index contributed by atoms with van der Waals surface area (Å²) < 4.78 is 32.0. The summed E-state index contributed by atoms with van der Waals surface area (Å²) in [7, 11) is 1.44. The maximum Gasteiger partial charge on any atom is 0.270 e. The second-order valence-corrected chi connectivity index (χ2v) is 6.15. The van der Waals surface area contributed by atoms with Gasteiger partial charge in [0.2, 0.25) is 0 Å². The van der Waals surface area contributed by atoms with Gasteiger partial charge in [-0.3, -0.25) is 4.79 Å². The Kier molecular flexibility index (Phi) is 5.04. The fraction of sp³-hybridized carbons (Fsp3) is 0.158. The lowest BCUT2D eigenvalue weighted by molar-refractivity contribution is 0.0946. The number of ether oxygens (including phenoxy) is 1. The number of hydrogen-bond acceptors (Lipinski definition) is 3. The van der Waals surface area contributed by atoms with Crippen LogP contribution in [0, 0.1) is 18.6 Å². The van der Waals surface area contributed by atoms with Crippen molar-refractivity contribution >= 4 is 28.4 Å². The molecule has 3 rings (SSSR count). The molecule has 4 nitrogen and oxygen atoms in total. The quantitative estimate of drug-likeness (QED) is 0.733. The molecule has 0 atom stereocenters. The molecule has 0 bridgehead atoms. The monoisotopic (exact) mass is 376 g/mol. The molecule has 0 spiro atoms. The molecule has 0 radical (unpaired) electrons. The Morgan fingerprint density at radius 3 is 2.65 bits per heavy atom. The standard InChI is InChI=1S/C19H15ClF2N2O2/c1-10-5-13(22)6-14-17(26-2)8-16(24-18(10)14)19(25)23-9-11-3-4-12(21)7-15(11)20/h3-8H,9H2,1-2H3,(H,23,25). The lowest BCUT2D eigenvalue weighted by Gasteiger charge is -2.11. The minimum Gasteiger partial charge on any atom is -0.496 e. The van der Waals surface area contributed by atoms with E-state index in [1.54, 1.807) is 6.92 Å². The first-order valence-corrected chi connectivity index (χ1v) is 8.14. The molecule has 1 amide bonds. The van der Waals surface area contributed by atoms with Crippen molar-refractivity contribution in [2.75, 3.05) is 7.11 Å². The first-order valence-electron chi connectivity index (χ1n) is 7.76. The van der Waals surface area contributed by atoms with Crippen molar-refractivity contribution in [3.8, 4) is 5.75 Å². The summed E-state index contributed by atoms with van der Waals surface area (Å²) in [5.41, 5.74) is 1.78. The van der Waals surface area contributed by atoms with Crippen LogP contribution in [0.1, 0.15) is 21.6 Å². The summed E-state index contributed by atoms with van der Waals surface area (Å²) in [5, 5.41) is 3.40. The van der Waals surface area contributed by atoms with Crippen molar-refractivity contribution in [1.82, 2.24) is 10.3 Å². The van der Waals surface area contributed by atoms with Gasteiger partial charge in [-0.05, 0) is 42.3 Å². The Morgan fingerprint density at radius 2 is 1.96 bits per heavy atom. The number of aromatic nitrogens is 1. The van der Waals surface area contributed by atoms with Crippen LogP contribution in [0.2, 0.25) is 5.02 Å². The van der Waals surface area contributed by atoms with Crippen molar-refractivity contribution in [2.45, 2.75) is 13.5 Å². The molecule has 0 saturated heterocycles. The number of hydrogen-bond donors (Lipinski definition) is 1. The lowest BCUT2D eigenvalue weighted by Crippen LogP contribution is -2.24. The van der Waals surface area contributed by atoms with E-state index in [0.717, 1.165) is 0 Å². The average molecular weight is 377 g/mol. The second kappa shape index (κ2) is 7.25. The Hall–Kier alpha value is -2.73. The molecule has 0 unspecified atom stereocenters. The molecule has 0 saturated carbocycles. The SMILES string of the molecule is COc1cc(C(=O)NCc2ccc(F)cc2Cl)nc2c(C)cc(F)cc12. The van der Waals surface area contributed by atoms with Crippen molar-refractivity contribution in [3.05, 3.63) is 69.9 Å².